The van der Waals surface area contributed by atoms with Gasteiger partial charge in [0, 0.05) is 67.9 Å². The summed E-state index contributed by atoms with van der Waals surface area (Å²) in [6, 6.07) is 5.50. The summed E-state index contributed by atoms with van der Waals surface area (Å²) < 4.78 is 5.35. The highest BCUT2D eigenvalue weighted by Gasteiger charge is 2.11. The Morgan fingerprint density at radius 3 is 2.79 bits per heavy atom. The molecule has 0 saturated carbocycles. The molecule has 0 atom stereocenters. The molecule has 4 N–H and O–H groups in total. The van der Waals surface area contributed by atoms with Gasteiger partial charge in [-0.15, -0.1) is 0 Å². The molecule has 29 heavy (non-hydrogen) atoms. The molecule has 0 unspecified atom stereocenters. The molecule has 3 rings (SSSR count). The highest BCUT2D eigenvalue weighted by atomic mass is 16.5. The second-order valence-corrected chi connectivity index (χ2v) is 6.49. The average molecular weight is 392 g/mol. The lowest BCUT2D eigenvalue weighted by molar-refractivity contribution is -0.111. The summed E-state index contributed by atoms with van der Waals surface area (Å²) >= 11 is 0. The van der Waals surface area contributed by atoms with Crippen LogP contribution in [0.2, 0.25) is 0 Å². The number of anilines is 1. The van der Waals surface area contributed by atoms with Gasteiger partial charge < -0.3 is 21.2 Å². The Hall–Kier alpha value is -3.36. The Balaban J connectivity index is 1.60. The second-order valence-electron chi connectivity index (χ2n) is 6.49. The molecule has 8 heteroatoms. The maximum atomic E-state index is 12.2. The summed E-state index contributed by atoms with van der Waals surface area (Å²) in [5.41, 5.74) is 8.62. The van der Waals surface area contributed by atoms with Crippen LogP contribution in [0, 0.1) is 5.41 Å². The lowest BCUT2D eigenvalue weighted by Gasteiger charge is -2.26. The van der Waals surface area contributed by atoms with Crippen molar-refractivity contribution < 1.29 is 9.53 Å². The van der Waals surface area contributed by atoms with E-state index in [1.165, 1.54) is 12.3 Å². The third-order valence-electron chi connectivity index (χ3n) is 4.50. The predicted octanol–water partition coefficient (Wildman–Crippen LogP) is 1.91. The quantitative estimate of drug-likeness (QED) is 0.489. The summed E-state index contributed by atoms with van der Waals surface area (Å²) in [5.74, 6) is 0.181. The molecule has 1 saturated heterocycles. The van der Waals surface area contributed by atoms with Gasteiger partial charge in [-0.1, -0.05) is 6.07 Å². The normalized spacial score (nSPS) is 15.4. The summed E-state index contributed by atoms with van der Waals surface area (Å²) in [6.45, 7) is 4.17. The average Bonchev–Trinajstić information content (AvgIpc) is 2.76. The number of rotatable bonds is 7. The zero-order valence-corrected chi connectivity index (χ0v) is 16.0. The molecule has 0 spiro atoms. The van der Waals surface area contributed by atoms with E-state index in [9.17, 15) is 4.79 Å². The number of hydrogen-bond acceptors (Lipinski definition) is 7. The van der Waals surface area contributed by atoms with E-state index in [4.69, 9.17) is 15.9 Å². The van der Waals surface area contributed by atoms with E-state index in [1.54, 1.807) is 36.8 Å². The molecule has 0 aromatic carbocycles. The van der Waals surface area contributed by atoms with Crippen molar-refractivity contribution in [2.24, 2.45) is 5.73 Å². The van der Waals surface area contributed by atoms with E-state index in [1.807, 2.05) is 6.07 Å². The van der Waals surface area contributed by atoms with Crippen LogP contribution >= 0.6 is 0 Å². The van der Waals surface area contributed by atoms with Crippen molar-refractivity contribution in [2.75, 3.05) is 31.6 Å². The van der Waals surface area contributed by atoms with Crippen molar-refractivity contribution in [1.82, 2.24) is 14.9 Å². The van der Waals surface area contributed by atoms with Crippen molar-refractivity contribution in [1.29, 1.82) is 5.41 Å². The van der Waals surface area contributed by atoms with Crippen molar-refractivity contribution in [3.63, 3.8) is 0 Å². The number of nitrogens with zero attached hydrogens (tertiary/aromatic N) is 3. The molecule has 0 aliphatic carbocycles. The Morgan fingerprint density at radius 2 is 2.10 bits per heavy atom. The third-order valence-corrected chi connectivity index (χ3v) is 4.50. The van der Waals surface area contributed by atoms with Crippen LogP contribution in [0.25, 0.3) is 11.6 Å². The zero-order valence-electron chi connectivity index (χ0n) is 16.0. The van der Waals surface area contributed by atoms with Gasteiger partial charge in [0.05, 0.1) is 13.2 Å². The minimum Gasteiger partial charge on any atom is -0.404 e. The number of hydrogen-bond donors (Lipinski definition) is 3. The van der Waals surface area contributed by atoms with E-state index < -0.39 is 0 Å². The smallest absolute Gasteiger partial charge is 0.249 e. The van der Waals surface area contributed by atoms with Crippen LogP contribution in [-0.4, -0.2) is 53.3 Å². The predicted molar refractivity (Wildman–Crippen MR) is 113 cm³/mol. The first-order chi connectivity index (χ1) is 14.2. The molecule has 2 aromatic rings. The number of aromatic nitrogens is 2. The monoisotopic (exact) mass is 392 g/mol. The Labute approximate surface area is 169 Å². The fraction of sp³-hybridized carbons (Fsp3) is 0.238. The number of nitrogens with two attached hydrogens (primary N) is 1. The number of pyridine rings is 2. The molecule has 1 fully saturated rings. The number of ether oxygens (including phenoxy) is 1. The molecular weight excluding hydrogens is 368 g/mol. The Bertz CT molecular complexity index is 902. The van der Waals surface area contributed by atoms with Gasteiger partial charge in [0.2, 0.25) is 5.91 Å². The van der Waals surface area contributed by atoms with Crippen LogP contribution in [0.4, 0.5) is 5.82 Å². The molecule has 1 amide bonds. The number of amides is 1. The van der Waals surface area contributed by atoms with E-state index in [-0.39, 0.29) is 5.91 Å². The molecule has 150 valence electrons. The molecule has 8 nitrogen and oxygen atoms in total. The maximum Gasteiger partial charge on any atom is 0.249 e. The van der Waals surface area contributed by atoms with Gasteiger partial charge in [0.15, 0.2) is 0 Å². The van der Waals surface area contributed by atoms with Crippen LogP contribution in [0.1, 0.15) is 16.7 Å². The highest BCUT2D eigenvalue weighted by Crippen LogP contribution is 2.17. The van der Waals surface area contributed by atoms with Crippen molar-refractivity contribution in [3.8, 4) is 0 Å². The van der Waals surface area contributed by atoms with Gasteiger partial charge in [-0.25, -0.2) is 4.98 Å². The first kappa shape index (κ1) is 20.4. The zero-order chi connectivity index (χ0) is 20.5. The number of nitrogens with one attached hydrogen (secondary N) is 2. The number of carbonyl (C=O) groups excluding carboxylic acids is 1. The topological polar surface area (TPSA) is 117 Å². The SMILES string of the molecule is N=CC(=CN)c1ccncc1/C=C/C(=O)Nc1ccc(CN2CCOCC2)cn1. The minimum atomic E-state index is -0.304. The lowest BCUT2D eigenvalue weighted by Crippen LogP contribution is -2.35. The lowest BCUT2D eigenvalue weighted by atomic mass is 10.0. The van der Waals surface area contributed by atoms with Crippen LogP contribution in [0.3, 0.4) is 0 Å². The number of allylic oxidation sites excluding steroid dienone is 1. The molecule has 1 aliphatic heterocycles. The summed E-state index contributed by atoms with van der Waals surface area (Å²) in [4.78, 5) is 22.9. The number of morpholine rings is 1. The van der Waals surface area contributed by atoms with Gasteiger partial charge in [-0.2, -0.15) is 0 Å². The Morgan fingerprint density at radius 1 is 1.28 bits per heavy atom. The van der Waals surface area contributed by atoms with Crippen LogP contribution in [-0.2, 0) is 16.1 Å². The van der Waals surface area contributed by atoms with Crippen molar-refractivity contribution >= 4 is 29.6 Å². The summed E-state index contributed by atoms with van der Waals surface area (Å²) in [7, 11) is 0. The molecule has 1 aliphatic rings. The molecule has 0 bridgehead atoms. The van der Waals surface area contributed by atoms with Gasteiger partial charge in [-0.05, 0) is 29.3 Å². The van der Waals surface area contributed by atoms with Crippen molar-refractivity contribution in [2.45, 2.75) is 6.54 Å². The van der Waals surface area contributed by atoms with E-state index in [0.29, 0.717) is 17.0 Å². The molecule has 2 aromatic heterocycles. The van der Waals surface area contributed by atoms with Crippen LogP contribution < -0.4 is 11.1 Å². The highest BCUT2D eigenvalue weighted by molar-refractivity contribution is 6.10. The molecule has 0 radical (unpaired) electrons. The van der Waals surface area contributed by atoms with Crippen molar-refractivity contribution in [3.05, 3.63) is 65.8 Å². The Kier molecular flexibility index (Phi) is 7.21. The fourth-order valence-electron chi connectivity index (χ4n) is 2.96. The molecular formula is C21H24N6O2. The van der Waals surface area contributed by atoms with Crippen LogP contribution in [0.5, 0.6) is 0 Å². The minimum absolute atomic E-state index is 0.304. The van der Waals surface area contributed by atoms with E-state index in [0.717, 1.165) is 50.2 Å². The fourth-order valence-corrected chi connectivity index (χ4v) is 2.96. The van der Waals surface area contributed by atoms with Gasteiger partial charge in [0.1, 0.15) is 5.82 Å². The van der Waals surface area contributed by atoms with Gasteiger partial charge in [-0.3, -0.25) is 14.7 Å². The maximum absolute atomic E-state index is 12.2. The largest absolute Gasteiger partial charge is 0.404 e. The first-order valence-electron chi connectivity index (χ1n) is 9.30. The van der Waals surface area contributed by atoms with E-state index >= 15 is 0 Å². The van der Waals surface area contributed by atoms with E-state index in [2.05, 4.69) is 20.2 Å². The standard InChI is InChI=1S/C21H24N6O2/c22-11-18(12-23)19-5-6-24-14-17(19)2-4-21(28)26-20-3-1-16(13-25-20)15-27-7-9-29-10-8-27/h1-6,11-14,22H,7-10,15,23H2,(H,25,26,28)/b4-2+,18-12?,22-11?. The second kappa shape index (κ2) is 10.3. The van der Waals surface area contributed by atoms with Gasteiger partial charge >= 0.3 is 0 Å². The van der Waals surface area contributed by atoms with Gasteiger partial charge in [0.25, 0.3) is 0 Å². The summed E-state index contributed by atoms with van der Waals surface area (Å²) in [5, 5.41) is 10.2. The van der Waals surface area contributed by atoms with Crippen LogP contribution in [0.15, 0.2) is 49.1 Å². The molecule has 3 heterocycles. The number of carbonyl (C=O) groups is 1. The first-order valence-corrected chi connectivity index (χ1v) is 9.30. The third kappa shape index (κ3) is 5.81. The summed E-state index contributed by atoms with van der Waals surface area (Å²) in [6.07, 6.45) is 10.6.